The van der Waals surface area contributed by atoms with E-state index in [1.807, 2.05) is 14.1 Å². The second kappa shape index (κ2) is 7.27. The van der Waals surface area contributed by atoms with Crippen molar-refractivity contribution in [2.45, 2.75) is 0 Å². The van der Waals surface area contributed by atoms with E-state index in [0.717, 1.165) is 9.80 Å². The van der Waals surface area contributed by atoms with E-state index in [1.54, 1.807) is 24.3 Å². The monoisotopic (exact) mass is 373 g/mol. The van der Waals surface area contributed by atoms with Gasteiger partial charge in [0.05, 0.1) is 36.5 Å². The Hall–Kier alpha value is -2.70. The third-order valence-corrected chi connectivity index (χ3v) is 4.29. The van der Waals surface area contributed by atoms with Crippen molar-refractivity contribution in [1.82, 2.24) is 0 Å². The fraction of sp³-hybridized carbons (Fsp3) is 0.211. The molecule has 1 aliphatic heterocycles. The highest BCUT2D eigenvalue weighted by molar-refractivity contribution is 6.35. The molecule has 0 saturated carbocycles. The predicted octanol–water partition coefficient (Wildman–Crippen LogP) is 1.44. The predicted molar refractivity (Wildman–Crippen MR) is 97.0 cm³/mol. The second-order valence-electron chi connectivity index (χ2n) is 6.28. The van der Waals surface area contributed by atoms with Gasteiger partial charge in [0, 0.05) is 5.02 Å². The van der Waals surface area contributed by atoms with Crippen molar-refractivity contribution in [3.63, 3.8) is 0 Å². The quantitative estimate of drug-likeness (QED) is 0.636. The third kappa shape index (κ3) is 3.47. The van der Waals surface area contributed by atoms with Crippen LogP contribution in [0.5, 0.6) is 0 Å². The van der Waals surface area contributed by atoms with Gasteiger partial charge in [-0.05, 0) is 42.5 Å². The molecule has 0 bridgehead atoms. The van der Waals surface area contributed by atoms with E-state index < -0.39 is 17.8 Å². The molecule has 0 aliphatic carbocycles. The molecular weight excluding hydrogens is 356 g/mol. The minimum absolute atomic E-state index is 0.192. The molecule has 0 radical (unpaired) electrons. The maximum absolute atomic E-state index is 12.7. The van der Waals surface area contributed by atoms with Crippen LogP contribution in [0.15, 0.2) is 42.5 Å². The largest absolute Gasteiger partial charge is 0.456 e. The number of benzene rings is 2. The topological polar surface area (TPSA) is 68.1 Å². The molecule has 6 nitrogen and oxygen atoms in total. The minimum Gasteiger partial charge on any atom is -0.456 e. The molecule has 0 spiro atoms. The van der Waals surface area contributed by atoms with Gasteiger partial charge in [-0.1, -0.05) is 11.6 Å². The number of imide groups is 1. The van der Waals surface area contributed by atoms with Gasteiger partial charge in [-0.25, -0.2) is 9.69 Å². The van der Waals surface area contributed by atoms with Gasteiger partial charge in [0.25, 0.3) is 11.8 Å². The summed E-state index contributed by atoms with van der Waals surface area (Å²) in [5.41, 5.74) is 1.13. The lowest BCUT2D eigenvalue weighted by Gasteiger charge is -2.13. The van der Waals surface area contributed by atoms with Crippen molar-refractivity contribution in [2.75, 3.05) is 32.1 Å². The van der Waals surface area contributed by atoms with Crippen molar-refractivity contribution in [3.05, 3.63) is 64.2 Å². The number of esters is 1. The highest BCUT2D eigenvalue weighted by Crippen LogP contribution is 2.29. The Labute approximate surface area is 155 Å². The van der Waals surface area contributed by atoms with Crippen LogP contribution in [0.25, 0.3) is 0 Å². The van der Waals surface area contributed by atoms with E-state index >= 15 is 0 Å². The number of anilines is 1. The second-order valence-corrected chi connectivity index (χ2v) is 6.71. The Morgan fingerprint density at radius 2 is 1.69 bits per heavy atom. The van der Waals surface area contributed by atoms with Gasteiger partial charge < -0.3 is 9.64 Å². The fourth-order valence-electron chi connectivity index (χ4n) is 2.62. The number of halogens is 1. The maximum atomic E-state index is 12.7. The van der Waals surface area contributed by atoms with Gasteiger partial charge in [-0.15, -0.1) is 0 Å². The molecular formula is C19H18ClN2O4+. The smallest absolute Gasteiger partial charge is 0.338 e. The van der Waals surface area contributed by atoms with Crippen LogP contribution in [0.1, 0.15) is 31.1 Å². The van der Waals surface area contributed by atoms with Gasteiger partial charge in [0.15, 0.2) is 0 Å². The molecule has 0 unspecified atom stereocenters. The summed E-state index contributed by atoms with van der Waals surface area (Å²) in [6, 6.07) is 10.8. The van der Waals surface area contributed by atoms with E-state index in [0.29, 0.717) is 17.3 Å². The first kappa shape index (κ1) is 18.1. The lowest BCUT2D eigenvalue weighted by molar-refractivity contribution is -0.858. The zero-order valence-corrected chi connectivity index (χ0v) is 15.2. The molecule has 1 aliphatic rings. The Morgan fingerprint density at radius 1 is 1.04 bits per heavy atom. The number of amides is 2. The number of quaternary nitrogens is 1. The number of carbonyl (C=O) groups is 3. The highest BCUT2D eigenvalue weighted by Gasteiger charge is 2.37. The average Bonchev–Trinajstić information content (AvgIpc) is 2.86. The van der Waals surface area contributed by atoms with Crippen LogP contribution in [0.4, 0.5) is 5.69 Å². The van der Waals surface area contributed by atoms with E-state index in [1.165, 1.54) is 18.2 Å². The Kier molecular flexibility index (Phi) is 5.06. The molecule has 0 saturated heterocycles. The first-order valence-electron chi connectivity index (χ1n) is 8.13. The lowest BCUT2D eigenvalue weighted by Crippen LogP contribution is -3.06. The van der Waals surface area contributed by atoms with E-state index in [-0.39, 0.29) is 23.3 Å². The lowest BCUT2D eigenvalue weighted by atomic mass is 10.1. The van der Waals surface area contributed by atoms with Gasteiger partial charge >= 0.3 is 5.97 Å². The van der Waals surface area contributed by atoms with Crippen molar-refractivity contribution in [2.24, 2.45) is 0 Å². The molecule has 2 aromatic rings. The van der Waals surface area contributed by atoms with Crippen molar-refractivity contribution >= 4 is 35.1 Å². The van der Waals surface area contributed by atoms with Crippen LogP contribution < -0.4 is 9.80 Å². The number of fused-ring (bicyclic) bond motifs is 1. The Morgan fingerprint density at radius 3 is 2.35 bits per heavy atom. The number of nitrogens with zero attached hydrogens (tertiary/aromatic N) is 1. The molecule has 2 aromatic carbocycles. The summed E-state index contributed by atoms with van der Waals surface area (Å²) in [5, 5.41) is 0.509. The van der Waals surface area contributed by atoms with Gasteiger partial charge in [0.1, 0.15) is 13.2 Å². The molecule has 0 atom stereocenters. The van der Waals surface area contributed by atoms with Crippen LogP contribution >= 0.6 is 11.6 Å². The van der Waals surface area contributed by atoms with E-state index in [4.69, 9.17) is 16.3 Å². The first-order valence-corrected chi connectivity index (χ1v) is 8.51. The fourth-order valence-corrected chi connectivity index (χ4v) is 2.75. The summed E-state index contributed by atoms with van der Waals surface area (Å²) >= 11 is 5.86. The summed E-state index contributed by atoms with van der Waals surface area (Å²) in [4.78, 5) is 39.6. The number of hydrogen-bond donors (Lipinski definition) is 1. The summed E-state index contributed by atoms with van der Waals surface area (Å²) in [6.45, 7) is 0.959. The number of rotatable bonds is 5. The minimum atomic E-state index is -0.515. The SMILES string of the molecule is C[NH+](C)CCOC(=O)c1ccc2c(c1)C(=O)N(c1ccc(Cl)cc1)C2=O. The highest BCUT2D eigenvalue weighted by atomic mass is 35.5. The average molecular weight is 374 g/mol. The summed E-state index contributed by atoms with van der Waals surface area (Å²) < 4.78 is 5.20. The van der Waals surface area contributed by atoms with Crippen molar-refractivity contribution in [1.29, 1.82) is 0 Å². The number of ether oxygens (including phenoxy) is 1. The molecule has 0 aromatic heterocycles. The van der Waals surface area contributed by atoms with E-state index in [9.17, 15) is 14.4 Å². The van der Waals surface area contributed by atoms with Crippen LogP contribution in [0.2, 0.25) is 5.02 Å². The molecule has 7 heteroatoms. The summed E-state index contributed by atoms with van der Waals surface area (Å²) in [6.07, 6.45) is 0. The van der Waals surface area contributed by atoms with Crippen molar-refractivity contribution < 1.29 is 24.0 Å². The number of carbonyl (C=O) groups excluding carboxylic acids is 3. The zero-order valence-electron chi connectivity index (χ0n) is 14.4. The maximum Gasteiger partial charge on any atom is 0.338 e. The molecule has 1 N–H and O–H groups in total. The first-order chi connectivity index (χ1) is 12.4. The van der Waals surface area contributed by atoms with Gasteiger partial charge in [-0.2, -0.15) is 0 Å². The Balaban J connectivity index is 1.83. The molecule has 2 amide bonds. The van der Waals surface area contributed by atoms with Crippen LogP contribution in [-0.4, -0.2) is 45.0 Å². The van der Waals surface area contributed by atoms with Crippen LogP contribution in [0, 0.1) is 0 Å². The van der Waals surface area contributed by atoms with E-state index in [2.05, 4.69) is 0 Å². The molecule has 26 heavy (non-hydrogen) atoms. The number of likely N-dealkylation sites (N-methyl/N-ethyl adjacent to an activating group) is 1. The standard InChI is InChI=1S/C19H17ClN2O4/c1-21(2)9-10-26-19(25)12-3-8-15-16(11-12)18(24)22(17(15)23)14-6-4-13(20)5-7-14/h3-8,11H,9-10H2,1-2H3/p+1. The summed E-state index contributed by atoms with van der Waals surface area (Å²) in [7, 11) is 3.91. The molecule has 134 valence electrons. The molecule has 3 rings (SSSR count). The van der Waals surface area contributed by atoms with Crippen molar-refractivity contribution in [3.8, 4) is 0 Å². The summed E-state index contributed by atoms with van der Waals surface area (Å²) in [5.74, 6) is -1.41. The van der Waals surface area contributed by atoms with Crippen LogP contribution in [-0.2, 0) is 4.74 Å². The third-order valence-electron chi connectivity index (χ3n) is 4.04. The molecule has 0 fully saturated rings. The zero-order chi connectivity index (χ0) is 18.8. The van der Waals surface area contributed by atoms with Gasteiger partial charge in [0.2, 0.25) is 0 Å². The number of nitrogens with one attached hydrogen (secondary N) is 1. The molecule has 1 heterocycles. The Bertz CT molecular complexity index is 878. The number of hydrogen-bond acceptors (Lipinski definition) is 4. The van der Waals surface area contributed by atoms with Gasteiger partial charge in [-0.3, -0.25) is 9.59 Å². The normalized spacial score (nSPS) is 13.3. The van der Waals surface area contributed by atoms with Crippen LogP contribution in [0.3, 0.4) is 0 Å².